The molecule has 0 saturated carbocycles. The van der Waals surface area contributed by atoms with Gasteiger partial charge in [-0.25, -0.2) is 0 Å². The molecule has 0 saturated heterocycles. The average molecular weight is 211 g/mol. The third kappa shape index (κ3) is 2.20. The second-order valence-corrected chi connectivity index (χ2v) is 3.75. The fourth-order valence-corrected chi connectivity index (χ4v) is 1.54. The molecule has 0 unspecified atom stereocenters. The van der Waals surface area contributed by atoms with Crippen LogP contribution >= 0.6 is 12.6 Å². The van der Waals surface area contributed by atoms with Crippen LogP contribution in [0.25, 0.3) is 11.1 Å². The third-order valence-electron chi connectivity index (χ3n) is 2.21. The van der Waals surface area contributed by atoms with Gasteiger partial charge in [0.15, 0.2) is 0 Å². The van der Waals surface area contributed by atoms with Crippen molar-refractivity contribution in [3.05, 3.63) is 54.1 Å². The van der Waals surface area contributed by atoms with E-state index in [1.54, 1.807) is 0 Å². The summed E-state index contributed by atoms with van der Waals surface area (Å²) in [4.78, 5) is 0.951. The molecule has 0 radical (unpaired) electrons. The lowest BCUT2D eigenvalue weighted by molar-refractivity contribution is 1.46. The van der Waals surface area contributed by atoms with Gasteiger partial charge in [-0.1, -0.05) is 24.3 Å². The molecule has 2 aromatic rings. The number of benzene rings is 2. The SMILES string of the molecule is N#Cc1ccc(-c2ccc(S)cc2)cc1. The van der Waals surface area contributed by atoms with Crippen LogP contribution in [0.2, 0.25) is 0 Å². The predicted molar refractivity (Wildman–Crippen MR) is 63.8 cm³/mol. The van der Waals surface area contributed by atoms with Gasteiger partial charge in [0.1, 0.15) is 0 Å². The van der Waals surface area contributed by atoms with Crippen LogP contribution in [0, 0.1) is 11.3 Å². The minimum absolute atomic E-state index is 0.685. The number of hydrogen-bond acceptors (Lipinski definition) is 2. The van der Waals surface area contributed by atoms with E-state index in [2.05, 4.69) is 18.7 Å². The molecule has 0 amide bonds. The van der Waals surface area contributed by atoms with Crippen molar-refractivity contribution >= 4 is 12.6 Å². The second-order valence-electron chi connectivity index (χ2n) is 3.24. The Hall–Kier alpha value is -1.72. The normalized spacial score (nSPS) is 9.60. The molecule has 0 N–H and O–H groups in total. The summed E-state index contributed by atoms with van der Waals surface area (Å²) in [6.07, 6.45) is 0. The van der Waals surface area contributed by atoms with E-state index in [9.17, 15) is 0 Å². The fourth-order valence-electron chi connectivity index (χ4n) is 1.39. The van der Waals surface area contributed by atoms with Crippen LogP contribution in [0.4, 0.5) is 0 Å². The number of rotatable bonds is 1. The summed E-state index contributed by atoms with van der Waals surface area (Å²) >= 11 is 4.23. The Morgan fingerprint density at radius 3 is 1.73 bits per heavy atom. The standard InChI is InChI=1S/C13H9NS/c14-9-10-1-3-11(4-2-10)12-5-7-13(15)8-6-12/h1-8,15H. The highest BCUT2D eigenvalue weighted by Crippen LogP contribution is 2.21. The molecule has 2 aromatic carbocycles. The number of thiol groups is 1. The van der Waals surface area contributed by atoms with Crippen molar-refractivity contribution in [2.24, 2.45) is 0 Å². The quantitative estimate of drug-likeness (QED) is 0.717. The van der Waals surface area contributed by atoms with Crippen molar-refractivity contribution in [1.29, 1.82) is 5.26 Å². The monoisotopic (exact) mass is 211 g/mol. The Balaban J connectivity index is 2.38. The third-order valence-corrected chi connectivity index (χ3v) is 2.51. The average Bonchev–Trinajstić information content (AvgIpc) is 2.30. The van der Waals surface area contributed by atoms with E-state index < -0.39 is 0 Å². The summed E-state index contributed by atoms with van der Waals surface area (Å²) in [5.41, 5.74) is 2.93. The Bertz CT molecular complexity index is 492. The van der Waals surface area contributed by atoms with Gasteiger partial charge in [0.2, 0.25) is 0 Å². The zero-order valence-electron chi connectivity index (χ0n) is 8.01. The van der Waals surface area contributed by atoms with Gasteiger partial charge in [-0.15, -0.1) is 12.6 Å². The minimum Gasteiger partial charge on any atom is -0.192 e. The Kier molecular flexibility index (Phi) is 2.75. The summed E-state index contributed by atoms with van der Waals surface area (Å²) < 4.78 is 0. The summed E-state index contributed by atoms with van der Waals surface area (Å²) in [6.45, 7) is 0. The zero-order chi connectivity index (χ0) is 10.7. The molecular weight excluding hydrogens is 202 g/mol. The van der Waals surface area contributed by atoms with Gasteiger partial charge < -0.3 is 0 Å². The first-order valence-corrected chi connectivity index (χ1v) is 5.04. The van der Waals surface area contributed by atoms with Crippen molar-refractivity contribution in [2.75, 3.05) is 0 Å². The van der Waals surface area contributed by atoms with Crippen molar-refractivity contribution in [3.8, 4) is 17.2 Å². The van der Waals surface area contributed by atoms with Crippen molar-refractivity contribution in [2.45, 2.75) is 4.90 Å². The zero-order valence-corrected chi connectivity index (χ0v) is 8.91. The van der Waals surface area contributed by atoms with Crippen LogP contribution in [0.3, 0.4) is 0 Å². The van der Waals surface area contributed by atoms with E-state index in [1.807, 2.05) is 48.5 Å². The van der Waals surface area contributed by atoms with E-state index >= 15 is 0 Å². The molecule has 0 atom stereocenters. The van der Waals surface area contributed by atoms with Gasteiger partial charge >= 0.3 is 0 Å². The molecule has 0 heterocycles. The van der Waals surface area contributed by atoms with Crippen LogP contribution < -0.4 is 0 Å². The highest BCUT2D eigenvalue weighted by atomic mass is 32.1. The van der Waals surface area contributed by atoms with Crippen molar-refractivity contribution in [1.82, 2.24) is 0 Å². The first-order valence-electron chi connectivity index (χ1n) is 4.59. The molecule has 15 heavy (non-hydrogen) atoms. The van der Waals surface area contributed by atoms with Crippen molar-refractivity contribution < 1.29 is 0 Å². The Morgan fingerprint density at radius 2 is 1.27 bits per heavy atom. The minimum atomic E-state index is 0.685. The highest BCUT2D eigenvalue weighted by molar-refractivity contribution is 7.80. The maximum atomic E-state index is 8.68. The van der Waals surface area contributed by atoms with Gasteiger partial charge in [-0.05, 0) is 35.4 Å². The van der Waals surface area contributed by atoms with E-state index in [4.69, 9.17) is 5.26 Å². The molecule has 1 nitrogen and oxygen atoms in total. The van der Waals surface area contributed by atoms with E-state index in [0.717, 1.165) is 16.0 Å². The summed E-state index contributed by atoms with van der Waals surface area (Å²) in [5, 5.41) is 8.68. The second kappa shape index (κ2) is 4.20. The van der Waals surface area contributed by atoms with Crippen LogP contribution in [-0.4, -0.2) is 0 Å². The number of nitrogens with zero attached hydrogens (tertiary/aromatic N) is 1. The summed E-state index contributed by atoms with van der Waals surface area (Å²) in [6, 6.07) is 17.6. The summed E-state index contributed by atoms with van der Waals surface area (Å²) in [5.74, 6) is 0. The first-order chi connectivity index (χ1) is 7.29. The number of nitriles is 1. The maximum Gasteiger partial charge on any atom is 0.0991 e. The maximum absolute atomic E-state index is 8.68. The van der Waals surface area contributed by atoms with Gasteiger partial charge in [0, 0.05) is 4.90 Å². The van der Waals surface area contributed by atoms with E-state index in [-0.39, 0.29) is 0 Å². The van der Waals surface area contributed by atoms with Gasteiger partial charge in [0.05, 0.1) is 11.6 Å². The summed E-state index contributed by atoms with van der Waals surface area (Å²) in [7, 11) is 0. The van der Waals surface area contributed by atoms with Crippen molar-refractivity contribution in [3.63, 3.8) is 0 Å². The molecule has 0 aliphatic heterocycles. The molecule has 0 bridgehead atoms. The molecule has 0 spiro atoms. The molecule has 0 aliphatic rings. The molecule has 2 heteroatoms. The molecule has 72 valence electrons. The lowest BCUT2D eigenvalue weighted by Crippen LogP contribution is -1.78. The molecule has 0 aromatic heterocycles. The van der Waals surface area contributed by atoms with Gasteiger partial charge in [0.25, 0.3) is 0 Å². The molecule has 0 aliphatic carbocycles. The van der Waals surface area contributed by atoms with Gasteiger partial charge in [-0.2, -0.15) is 5.26 Å². The van der Waals surface area contributed by atoms with E-state index in [1.165, 1.54) is 0 Å². The molecular formula is C13H9NS. The highest BCUT2D eigenvalue weighted by Gasteiger charge is 1.97. The Labute approximate surface area is 94.4 Å². The topological polar surface area (TPSA) is 23.8 Å². The predicted octanol–water partition coefficient (Wildman–Crippen LogP) is 3.51. The van der Waals surface area contributed by atoms with Crippen LogP contribution in [0.1, 0.15) is 5.56 Å². The lowest BCUT2D eigenvalue weighted by Gasteiger charge is -2.01. The van der Waals surface area contributed by atoms with E-state index in [0.29, 0.717) is 5.56 Å². The van der Waals surface area contributed by atoms with Crippen LogP contribution in [0.5, 0.6) is 0 Å². The molecule has 0 fully saturated rings. The van der Waals surface area contributed by atoms with Crippen LogP contribution in [0.15, 0.2) is 53.4 Å². The van der Waals surface area contributed by atoms with Crippen LogP contribution in [-0.2, 0) is 0 Å². The largest absolute Gasteiger partial charge is 0.192 e. The fraction of sp³-hybridized carbons (Fsp3) is 0. The first kappa shape index (κ1) is 9.82. The smallest absolute Gasteiger partial charge is 0.0991 e. The number of hydrogen-bond donors (Lipinski definition) is 1. The molecule has 2 rings (SSSR count). The van der Waals surface area contributed by atoms with Gasteiger partial charge in [-0.3, -0.25) is 0 Å². The lowest BCUT2D eigenvalue weighted by atomic mass is 10.0. The Morgan fingerprint density at radius 1 is 0.800 bits per heavy atom.